The molecule has 1 fully saturated rings. The Balaban J connectivity index is 2.78. The van der Waals surface area contributed by atoms with Crippen LogP contribution in [0.3, 0.4) is 0 Å². The molecule has 0 unspecified atom stereocenters. The molecule has 1 rings (SSSR count). The Morgan fingerprint density at radius 3 is 2.00 bits per heavy atom. The van der Waals surface area contributed by atoms with Gasteiger partial charge in [-0.1, -0.05) is 34.6 Å². The second kappa shape index (κ2) is 4.39. The van der Waals surface area contributed by atoms with Crippen molar-refractivity contribution in [3.8, 4) is 0 Å². The minimum atomic E-state index is -1.72. The van der Waals surface area contributed by atoms with Crippen LogP contribution in [0, 0.1) is 11.3 Å². The van der Waals surface area contributed by atoms with Crippen LogP contribution in [0.15, 0.2) is 0 Å². The standard InChI is InChI=1S/C13H22FNO2/c1-8(2)9(16)10(12(3,4)5)15-11(17)13(14)6-7-13/h8,10H,6-7H2,1-5H3,(H,15,17)/t10-/m1/s1. The molecule has 0 bridgehead atoms. The van der Waals surface area contributed by atoms with E-state index < -0.39 is 23.0 Å². The number of halogens is 1. The fourth-order valence-electron chi connectivity index (χ4n) is 1.64. The van der Waals surface area contributed by atoms with Crippen molar-refractivity contribution in [1.29, 1.82) is 0 Å². The van der Waals surface area contributed by atoms with Crippen LogP contribution in [0.5, 0.6) is 0 Å². The van der Waals surface area contributed by atoms with Crippen LogP contribution in [-0.4, -0.2) is 23.4 Å². The number of carbonyl (C=O) groups is 2. The van der Waals surface area contributed by atoms with Crippen molar-refractivity contribution in [1.82, 2.24) is 5.32 Å². The molecule has 3 nitrogen and oxygen atoms in total. The molecule has 1 atom stereocenters. The summed E-state index contributed by atoms with van der Waals surface area (Å²) in [6, 6.07) is -0.622. The Morgan fingerprint density at radius 2 is 1.71 bits per heavy atom. The van der Waals surface area contributed by atoms with Crippen LogP contribution in [0.25, 0.3) is 0 Å². The molecular weight excluding hydrogens is 221 g/mol. The molecule has 1 aliphatic rings. The number of nitrogens with one attached hydrogen (secondary N) is 1. The molecule has 1 amide bonds. The van der Waals surface area contributed by atoms with Gasteiger partial charge in [0.1, 0.15) is 0 Å². The predicted octanol–water partition coefficient (Wildman–Crippen LogP) is 2.24. The lowest BCUT2D eigenvalue weighted by Crippen LogP contribution is -2.53. The van der Waals surface area contributed by atoms with Gasteiger partial charge in [0.05, 0.1) is 6.04 Å². The Bertz CT molecular complexity index is 327. The topological polar surface area (TPSA) is 46.2 Å². The number of hydrogen-bond donors (Lipinski definition) is 1. The minimum absolute atomic E-state index is 0.0462. The maximum absolute atomic E-state index is 13.6. The molecule has 4 heteroatoms. The first-order valence-electron chi connectivity index (χ1n) is 6.11. The Labute approximate surface area is 102 Å². The van der Waals surface area contributed by atoms with Crippen molar-refractivity contribution in [2.75, 3.05) is 0 Å². The van der Waals surface area contributed by atoms with Crippen molar-refractivity contribution >= 4 is 11.7 Å². The molecule has 1 saturated carbocycles. The van der Waals surface area contributed by atoms with Gasteiger partial charge in [-0.3, -0.25) is 9.59 Å². The number of Topliss-reactive ketones (excluding diaryl/α,β-unsaturated/α-hetero) is 1. The highest BCUT2D eigenvalue weighted by Gasteiger charge is 2.52. The fourth-order valence-corrected chi connectivity index (χ4v) is 1.64. The number of amides is 1. The first-order valence-corrected chi connectivity index (χ1v) is 6.11. The summed E-state index contributed by atoms with van der Waals surface area (Å²) in [5, 5.41) is 2.58. The van der Waals surface area contributed by atoms with Gasteiger partial charge >= 0.3 is 0 Å². The molecule has 0 aromatic rings. The van der Waals surface area contributed by atoms with Crippen molar-refractivity contribution in [2.45, 2.75) is 59.2 Å². The molecule has 98 valence electrons. The quantitative estimate of drug-likeness (QED) is 0.823. The average molecular weight is 243 g/mol. The maximum Gasteiger partial charge on any atom is 0.258 e. The van der Waals surface area contributed by atoms with Gasteiger partial charge in [0, 0.05) is 5.92 Å². The van der Waals surface area contributed by atoms with Crippen LogP contribution < -0.4 is 5.32 Å². The van der Waals surface area contributed by atoms with Gasteiger partial charge in [-0.05, 0) is 18.3 Å². The van der Waals surface area contributed by atoms with E-state index in [9.17, 15) is 14.0 Å². The first-order chi connectivity index (χ1) is 7.58. The van der Waals surface area contributed by atoms with Crippen molar-refractivity contribution in [3.63, 3.8) is 0 Å². The van der Waals surface area contributed by atoms with Gasteiger partial charge in [-0.2, -0.15) is 0 Å². The van der Waals surface area contributed by atoms with E-state index in [0.29, 0.717) is 0 Å². The van der Waals surface area contributed by atoms with Gasteiger partial charge in [0.15, 0.2) is 11.5 Å². The molecule has 0 saturated heterocycles. The van der Waals surface area contributed by atoms with Gasteiger partial charge in [-0.25, -0.2) is 4.39 Å². The number of hydrogen-bond acceptors (Lipinski definition) is 2. The SMILES string of the molecule is CC(C)C(=O)[C@@H](NC(=O)C1(F)CC1)C(C)(C)C. The van der Waals surface area contributed by atoms with E-state index in [2.05, 4.69) is 5.32 Å². The lowest BCUT2D eigenvalue weighted by molar-refractivity contribution is -0.135. The average Bonchev–Trinajstić information content (AvgIpc) is 2.90. The molecule has 0 radical (unpaired) electrons. The van der Waals surface area contributed by atoms with E-state index in [-0.39, 0.29) is 24.5 Å². The molecule has 0 aliphatic heterocycles. The molecular formula is C13H22FNO2. The van der Waals surface area contributed by atoms with Crippen LogP contribution in [0.4, 0.5) is 4.39 Å². The highest BCUT2D eigenvalue weighted by Crippen LogP contribution is 2.40. The van der Waals surface area contributed by atoms with E-state index in [1.54, 1.807) is 13.8 Å². The largest absolute Gasteiger partial charge is 0.343 e. The summed E-state index contributed by atoms with van der Waals surface area (Å²) in [5.74, 6) is -0.851. The van der Waals surface area contributed by atoms with E-state index in [0.717, 1.165) is 0 Å². The van der Waals surface area contributed by atoms with Crippen molar-refractivity contribution in [2.24, 2.45) is 11.3 Å². The third-order valence-corrected chi connectivity index (χ3v) is 3.09. The second-order valence-electron chi connectivity index (χ2n) is 6.29. The summed E-state index contributed by atoms with van der Waals surface area (Å²) in [6.45, 7) is 9.19. The number of rotatable bonds is 4. The summed E-state index contributed by atoms with van der Waals surface area (Å²) in [5.41, 5.74) is -2.12. The fraction of sp³-hybridized carbons (Fsp3) is 0.846. The van der Waals surface area contributed by atoms with Crippen molar-refractivity contribution in [3.05, 3.63) is 0 Å². The smallest absolute Gasteiger partial charge is 0.258 e. The molecule has 17 heavy (non-hydrogen) atoms. The molecule has 0 aromatic carbocycles. The number of carbonyl (C=O) groups excluding carboxylic acids is 2. The summed E-state index contributed by atoms with van der Waals surface area (Å²) < 4.78 is 13.6. The highest BCUT2D eigenvalue weighted by atomic mass is 19.1. The van der Waals surface area contributed by atoms with Crippen LogP contribution >= 0.6 is 0 Å². The Morgan fingerprint density at radius 1 is 1.24 bits per heavy atom. The maximum atomic E-state index is 13.6. The normalized spacial score (nSPS) is 19.9. The van der Waals surface area contributed by atoms with Crippen molar-refractivity contribution < 1.29 is 14.0 Å². The van der Waals surface area contributed by atoms with E-state index in [1.165, 1.54) is 0 Å². The minimum Gasteiger partial charge on any atom is -0.343 e. The third kappa shape index (κ3) is 3.27. The zero-order valence-electron chi connectivity index (χ0n) is 11.3. The predicted molar refractivity (Wildman–Crippen MR) is 64.3 cm³/mol. The summed E-state index contributed by atoms with van der Waals surface area (Å²) in [6.07, 6.45) is 0.539. The zero-order chi connectivity index (χ0) is 13.4. The van der Waals surface area contributed by atoms with Gasteiger partial charge in [-0.15, -0.1) is 0 Å². The monoisotopic (exact) mass is 243 g/mol. The van der Waals surface area contributed by atoms with Crippen LogP contribution in [0.1, 0.15) is 47.5 Å². The molecule has 0 heterocycles. The summed E-state index contributed by atoms with van der Waals surface area (Å²) in [7, 11) is 0. The molecule has 0 spiro atoms. The molecule has 0 aromatic heterocycles. The number of ketones is 1. The van der Waals surface area contributed by atoms with Crippen LogP contribution in [0.2, 0.25) is 0 Å². The van der Waals surface area contributed by atoms with E-state index >= 15 is 0 Å². The first kappa shape index (κ1) is 14.1. The zero-order valence-corrected chi connectivity index (χ0v) is 11.3. The van der Waals surface area contributed by atoms with Gasteiger partial charge in [0.2, 0.25) is 0 Å². The van der Waals surface area contributed by atoms with Gasteiger partial charge < -0.3 is 5.32 Å². The lowest BCUT2D eigenvalue weighted by Gasteiger charge is -2.32. The second-order valence-corrected chi connectivity index (χ2v) is 6.29. The summed E-state index contributed by atoms with van der Waals surface area (Å²) in [4.78, 5) is 23.7. The van der Waals surface area contributed by atoms with Gasteiger partial charge in [0.25, 0.3) is 5.91 Å². The van der Waals surface area contributed by atoms with Crippen LogP contribution in [-0.2, 0) is 9.59 Å². The molecule has 1 aliphatic carbocycles. The number of alkyl halides is 1. The Kier molecular flexibility index (Phi) is 3.65. The van der Waals surface area contributed by atoms with E-state index in [4.69, 9.17) is 0 Å². The summed E-state index contributed by atoms with van der Waals surface area (Å²) >= 11 is 0. The Hall–Kier alpha value is -0.930. The third-order valence-electron chi connectivity index (χ3n) is 3.09. The van der Waals surface area contributed by atoms with E-state index in [1.807, 2.05) is 20.8 Å². The molecule has 1 N–H and O–H groups in total. The highest BCUT2D eigenvalue weighted by molar-refractivity contribution is 5.94. The lowest BCUT2D eigenvalue weighted by atomic mass is 9.81.